The Kier molecular flexibility index (Phi) is 3.92. The predicted molar refractivity (Wildman–Crippen MR) is 80.6 cm³/mol. The van der Waals surface area contributed by atoms with Crippen LogP contribution in [0.5, 0.6) is 0 Å². The second-order valence-corrected chi connectivity index (χ2v) is 6.04. The van der Waals surface area contributed by atoms with E-state index < -0.39 is 6.04 Å². The molecule has 1 unspecified atom stereocenters. The minimum atomic E-state index is -0.660. The maximum atomic E-state index is 12.1. The van der Waals surface area contributed by atoms with Gasteiger partial charge in [-0.2, -0.15) is 0 Å². The van der Waals surface area contributed by atoms with E-state index in [0.29, 0.717) is 11.0 Å². The standard InChI is InChI=1S/C14H17ClN4O/c1-14(2,3)10(16)13(20)19-12-11(15)17-8-6-4-5-7-9(8)18-12/h4-7,10H,16H2,1-3H3,(H,18,19,20). The van der Waals surface area contributed by atoms with Crippen molar-refractivity contribution < 1.29 is 4.79 Å². The fraction of sp³-hybridized carbons (Fsp3) is 0.357. The van der Waals surface area contributed by atoms with E-state index in [-0.39, 0.29) is 22.3 Å². The van der Waals surface area contributed by atoms with E-state index in [1.807, 2.05) is 32.9 Å². The molecule has 0 aliphatic rings. The van der Waals surface area contributed by atoms with Crippen molar-refractivity contribution >= 4 is 34.4 Å². The smallest absolute Gasteiger partial charge is 0.243 e. The van der Waals surface area contributed by atoms with E-state index in [2.05, 4.69) is 15.3 Å². The highest BCUT2D eigenvalue weighted by Crippen LogP contribution is 2.23. The predicted octanol–water partition coefficient (Wildman–Crippen LogP) is 2.60. The molecular formula is C14H17ClN4O. The van der Waals surface area contributed by atoms with Gasteiger partial charge in [0.1, 0.15) is 0 Å². The molecule has 0 aliphatic carbocycles. The zero-order valence-corrected chi connectivity index (χ0v) is 12.4. The van der Waals surface area contributed by atoms with E-state index in [1.54, 1.807) is 12.1 Å². The number of nitrogens with zero attached hydrogens (tertiary/aromatic N) is 2. The third kappa shape index (κ3) is 3.05. The van der Waals surface area contributed by atoms with Crippen LogP contribution in [0.2, 0.25) is 5.15 Å². The fourth-order valence-electron chi connectivity index (χ4n) is 1.65. The summed E-state index contributed by atoms with van der Waals surface area (Å²) in [6, 6.07) is 6.64. The Labute approximate surface area is 122 Å². The van der Waals surface area contributed by atoms with Crippen LogP contribution in [0.1, 0.15) is 20.8 Å². The summed E-state index contributed by atoms with van der Waals surface area (Å²) in [6.45, 7) is 5.68. The first-order valence-electron chi connectivity index (χ1n) is 6.28. The van der Waals surface area contributed by atoms with Crippen LogP contribution in [-0.2, 0) is 4.79 Å². The summed E-state index contributed by atoms with van der Waals surface area (Å²) in [7, 11) is 0. The topological polar surface area (TPSA) is 80.9 Å². The first kappa shape index (κ1) is 14.7. The highest BCUT2D eigenvalue weighted by atomic mass is 35.5. The van der Waals surface area contributed by atoms with Gasteiger partial charge in [-0.15, -0.1) is 0 Å². The minimum Gasteiger partial charge on any atom is -0.319 e. The van der Waals surface area contributed by atoms with Gasteiger partial charge in [0, 0.05) is 0 Å². The van der Waals surface area contributed by atoms with Gasteiger partial charge in [-0.1, -0.05) is 44.5 Å². The molecule has 0 bridgehead atoms. The van der Waals surface area contributed by atoms with Gasteiger partial charge in [0.05, 0.1) is 17.1 Å². The van der Waals surface area contributed by atoms with Gasteiger partial charge < -0.3 is 11.1 Å². The largest absolute Gasteiger partial charge is 0.319 e. The molecule has 1 aromatic heterocycles. The zero-order valence-electron chi connectivity index (χ0n) is 11.6. The van der Waals surface area contributed by atoms with Gasteiger partial charge in [0.15, 0.2) is 11.0 Å². The lowest BCUT2D eigenvalue weighted by Crippen LogP contribution is -2.45. The lowest BCUT2D eigenvalue weighted by Gasteiger charge is -2.25. The second kappa shape index (κ2) is 5.34. The summed E-state index contributed by atoms with van der Waals surface area (Å²) in [4.78, 5) is 20.6. The van der Waals surface area contributed by atoms with Gasteiger partial charge in [-0.25, -0.2) is 9.97 Å². The number of carbonyl (C=O) groups excluding carboxylic acids is 1. The third-order valence-corrected chi connectivity index (χ3v) is 3.25. The van der Waals surface area contributed by atoms with Gasteiger partial charge in [0.2, 0.25) is 5.91 Å². The fourth-order valence-corrected chi connectivity index (χ4v) is 1.83. The summed E-state index contributed by atoms with van der Waals surface area (Å²) in [5, 5.41) is 2.79. The molecule has 1 atom stereocenters. The summed E-state index contributed by atoms with van der Waals surface area (Å²) < 4.78 is 0. The Hall–Kier alpha value is -1.72. The number of rotatable bonds is 2. The molecule has 0 fully saturated rings. The Balaban J connectivity index is 2.30. The van der Waals surface area contributed by atoms with Gasteiger partial charge >= 0.3 is 0 Å². The van der Waals surface area contributed by atoms with Crippen molar-refractivity contribution in [3.63, 3.8) is 0 Å². The Morgan fingerprint density at radius 3 is 2.35 bits per heavy atom. The lowest BCUT2D eigenvalue weighted by molar-refractivity contribution is -0.119. The summed E-state index contributed by atoms with van der Waals surface area (Å²) >= 11 is 6.04. The van der Waals surface area contributed by atoms with Crippen molar-refractivity contribution in [3.05, 3.63) is 29.4 Å². The molecule has 2 rings (SSSR count). The summed E-state index contributed by atoms with van der Waals surface area (Å²) in [5.41, 5.74) is 6.90. The number of aromatic nitrogens is 2. The molecule has 106 valence electrons. The molecule has 20 heavy (non-hydrogen) atoms. The number of carbonyl (C=O) groups is 1. The number of halogens is 1. The van der Waals surface area contributed by atoms with Gasteiger partial charge in [0.25, 0.3) is 0 Å². The Bertz CT molecular complexity index is 651. The van der Waals surface area contributed by atoms with Crippen molar-refractivity contribution in [3.8, 4) is 0 Å². The van der Waals surface area contributed by atoms with Crippen LogP contribution in [0.4, 0.5) is 5.82 Å². The van der Waals surface area contributed by atoms with Gasteiger partial charge in [-0.05, 0) is 17.5 Å². The van der Waals surface area contributed by atoms with Crippen molar-refractivity contribution in [1.29, 1.82) is 0 Å². The second-order valence-electron chi connectivity index (χ2n) is 5.68. The molecular weight excluding hydrogens is 276 g/mol. The molecule has 5 nitrogen and oxygen atoms in total. The van der Waals surface area contributed by atoms with Crippen LogP contribution >= 0.6 is 11.6 Å². The van der Waals surface area contributed by atoms with E-state index in [1.165, 1.54) is 0 Å². The van der Waals surface area contributed by atoms with Crippen LogP contribution in [-0.4, -0.2) is 21.9 Å². The maximum Gasteiger partial charge on any atom is 0.243 e. The van der Waals surface area contributed by atoms with E-state index in [9.17, 15) is 4.79 Å². The highest BCUT2D eigenvalue weighted by molar-refractivity contribution is 6.32. The lowest BCUT2D eigenvalue weighted by atomic mass is 9.87. The number of benzene rings is 1. The highest BCUT2D eigenvalue weighted by Gasteiger charge is 2.28. The number of nitrogens with two attached hydrogens (primary N) is 1. The molecule has 1 heterocycles. The van der Waals surface area contributed by atoms with Crippen molar-refractivity contribution in [2.75, 3.05) is 5.32 Å². The number of hydrogen-bond donors (Lipinski definition) is 2. The zero-order chi connectivity index (χ0) is 14.9. The molecule has 0 aliphatic heterocycles. The average molecular weight is 293 g/mol. The van der Waals surface area contributed by atoms with E-state index in [4.69, 9.17) is 17.3 Å². The molecule has 6 heteroatoms. The molecule has 0 saturated heterocycles. The van der Waals surface area contributed by atoms with Gasteiger partial charge in [-0.3, -0.25) is 4.79 Å². The number of hydrogen-bond acceptors (Lipinski definition) is 4. The Morgan fingerprint density at radius 2 is 1.80 bits per heavy atom. The van der Waals surface area contributed by atoms with Crippen LogP contribution < -0.4 is 11.1 Å². The third-order valence-electron chi connectivity index (χ3n) is 2.99. The number of anilines is 1. The van der Waals surface area contributed by atoms with Crippen LogP contribution in [0.3, 0.4) is 0 Å². The number of nitrogens with one attached hydrogen (secondary N) is 1. The molecule has 0 spiro atoms. The van der Waals surface area contributed by atoms with Crippen molar-refractivity contribution in [1.82, 2.24) is 9.97 Å². The van der Waals surface area contributed by atoms with E-state index >= 15 is 0 Å². The monoisotopic (exact) mass is 292 g/mol. The van der Waals surface area contributed by atoms with Crippen molar-refractivity contribution in [2.24, 2.45) is 11.1 Å². The molecule has 1 aromatic carbocycles. The summed E-state index contributed by atoms with van der Waals surface area (Å²) in [6.07, 6.45) is 0. The number of fused-ring (bicyclic) bond motifs is 1. The minimum absolute atomic E-state index is 0.151. The quantitative estimate of drug-likeness (QED) is 0.891. The van der Waals surface area contributed by atoms with E-state index in [0.717, 1.165) is 0 Å². The molecule has 3 N–H and O–H groups in total. The Morgan fingerprint density at radius 1 is 1.25 bits per heavy atom. The first-order valence-corrected chi connectivity index (χ1v) is 6.65. The van der Waals surface area contributed by atoms with Crippen LogP contribution in [0, 0.1) is 5.41 Å². The first-order chi connectivity index (χ1) is 9.29. The maximum absolute atomic E-state index is 12.1. The summed E-state index contributed by atoms with van der Waals surface area (Å²) in [5.74, 6) is -0.0981. The number of para-hydroxylation sites is 2. The molecule has 0 saturated carbocycles. The molecule has 0 radical (unpaired) electrons. The van der Waals surface area contributed by atoms with Crippen LogP contribution in [0.15, 0.2) is 24.3 Å². The number of amides is 1. The average Bonchev–Trinajstić information content (AvgIpc) is 2.37. The SMILES string of the molecule is CC(C)(C)C(N)C(=O)Nc1nc2ccccc2nc1Cl. The van der Waals surface area contributed by atoms with Crippen molar-refractivity contribution in [2.45, 2.75) is 26.8 Å². The van der Waals surface area contributed by atoms with Crippen LogP contribution in [0.25, 0.3) is 11.0 Å². The normalized spacial score (nSPS) is 13.2. The molecule has 2 aromatic rings. The molecule has 1 amide bonds.